The highest BCUT2D eigenvalue weighted by atomic mass is 16.5. The lowest BCUT2D eigenvalue weighted by atomic mass is 10.1. The van der Waals surface area contributed by atoms with Crippen molar-refractivity contribution >= 4 is 0 Å². The van der Waals surface area contributed by atoms with E-state index in [-0.39, 0.29) is 6.10 Å². The highest BCUT2D eigenvalue weighted by Gasteiger charge is 2.02. The topological polar surface area (TPSA) is 33.0 Å². The minimum Gasteiger partial charge on any atom is -0.491 e. The molecule has 68 valence electrons. The molecule has 0 saturated carbocycles. The van der Waals surface area contributed by atoms with Gasteiger partial charge in [0.05, 0.1) is 17.7 Å². The Morgan fingerprint density at radius 3 is 2.62 bits per heavy atom. The fourth-order valence-electron chi connectivity index (χ4n) is 1.05. The molecule has 2 heteroatoms. The van der Waals surface area contributed by atoms with E-state index >= 15 is 0 Å². The summed E-state index contributed by atoms with van der Waals surface area (Å²) in [5.74, 6) is 0.800. The molecule has 0 aliphatic rings. The van der Waals surface area contributed by atoms with Gasteiger partial charge in [-0.2, -0.15) is 5.26 Å². The third-order valence-corrected chi connectivity index (χ3v) is 1.68. The second kappa shape index (κ2) is 3.95. The smallest absolute Gasteiger partial charge is 0.123 e. The highest BCUT2D eigenvalue weighted by Crippen LogP contribution is 2.20. The van der Waals surface area contributed by atoms with E-state index in [2.05, 4.69) is 6.07 Å². The summed E-state index contributed by atoms with van der Waals surface area (Å²) in [6.07, 6.45) is 0.146. The SMILES string of the molecule is Cc1ccc(C#N)cc1OC(C)C. The summed E-state index contributed by atoms with van der Waals surface area (Å²) in [6.45, 7) is 5.91. The van der Waals surface area contributed by atoms with Gasteiger partial charge in [0.25, 0.3) is 0 Å². The van der Waals surface area contributed by atoms with Crippen LogP contribution in [0.1, 0.15) is 25.0 Å². The molecule has 0 spiro atoms. The van der Waals surface area contributed by atoms with Crippen molar-refractivity contribution in [3.05, 3.63) is 29.3 Å². The maximum Gasteiger partial charge on any atom is 0.123 e. The van der Waals surface area contributed by atoms with Crippen LogP contribution >= 0.6 is 0 Å². The third kappa shape index (κ3) is 2.48. The minimum absolute atomic E-state index is 0.146. The molecule has 0 aliphatic heterocycles. The second-order valence-corrected chi connectivity index (χ2v) is 3.26. The van der Waals surface area contributed by atoms with Crippen molar-refractivity contribution in [1.29, 1.82) is 5.26 Å². The number of hydrogen-bond donors (Lipinski definition) is 0. The molecule has 0 heterocycles. The number of nitrogens with zero attached hydrogens (tertiary/aromatic N) is 1. The molecule has 0 N–H and O–H groups in total. The van der Waals surface area contributed by atoms with Crippen LogP contribution in [0.2, 0.25) is 0 Å². The Labute approximate surface area is 78.8 Å². The third-order valence-electron chi connectivity index (χ3n) is 1.68. The van der Waals surface area contributed by atoms with Gasteiger partial charge in [-0.15, -0.1) is 0 Å². The van der Waals surface area contributed by atoms with Crippen molar-refractivity contribution in [3.8, 4) is 11.8 Å². The summed E-state index contributed by atoms with van der Waals surface area (Å²) in [5.41, 5.74) is 1.70. The van der Waals surface area contributed by atoms with Crippen molar-refractivity contribution in [2.45, 2.75) is 26.9 Å². The zero-order valence-corrected chi connectivity index (χ0v) is 8.16. The summed E-state index contributed by atoms with van der Waals surface area (Å²) in [4.78, 5) is 0. The Kier molecular flexibility index (Phi) is 2.92. The quantitative estimate of drug-likeness (QED) is 0.692. The number of aryl methyl sites for hydroxylation is 1. The zero-order valence-electron chi connectivity index (χ0n) is 8.16. The standard InChI is InChI=1S/C11H13NO/c1-8(2)13-11-6-10(7-12)5-4-9(11)3/h4-6,8H,1-3H3. The number of nitriles is 1. The Bertz CT molecular complexity index is 336. The minimum atomic E-state index is 0.146. The molecule has 0 radical (unpaired) electrons. The fraction of sp³-hybridized carbons (Fsp3) is 0.364. The van der Waals surface area contributed by atoms with E-state index in [9.17, 15) is 0 Å². The van der Waals surface area contributed by atoms with E-state index in [0.29, 0.717) is 5.56 Å². The van der Waals surface area contributed by atoms with Crippen LogP contribution < -0.4 is 4.74 Å². The predicted octanol–water partition coefficient (Wildman–Crippen LogP) is 2.65. The van der Waals surface area contributed by atoms with Gasteiger partial charge in [0.15, 0.2) is 0 Å². The molecular weight excluding hydrogens is 162 g/mol. The Hall–Kier alpha value is -1.49. The molecule has 0 atom stereocenters. The summed E-state index contributed by atoms with van der Waals surface area (Å²) >= 11 is 0. The Morgan fingerprint density at radius 2 is 2.08 bits per heavy atom. The van der Waals surface area contributed by atoms with E-state index < -0.39 is 0 Å². The zero-order chi connectivity index (χ0) is 9.84. The van der Waals surface area contributed by atoms with Crippen LogP contribution in [-0.2, 0) is 0 Å². The van der Waals surface area contributed by atoms with Gasteiger partial charge in [-0.3, -0.25) is 0 Å². The monoisotopic (exact) mass is 175 g/mol. The molecule has 1 aromatic carbocycles. The van der Waals surface area contributed by atoms with E-state index in [1.54, 1.807) is 12.1 Å². The maximum atomic E-state index is 8.68. The van der Waals surface area contributed by atoms with Crippen LogP contribution in [-0.4, -0.2) is 6.10 Å². The van der Waals surface area contributed by atoms with E-state index in [4.69, 9.17) is 10.00 Å². The van der Waals surface area contributed by atoms with Gasteiger partial charge in [-0.25, -0.2) is 0 Å². The molecule has 0 unspecified atom stereocenters. The second-order valence-electron chi connectivity index (χ2n) is 3.26. The van der Waals surface area contributed by atoms with Crippen molar-refractivity contribution < 1.29 is 4.74 Å². The first-order valence-electron chi connectivity index (χ1n) is 4.31. The van der Waals surface area contributed by atoms with E-state index in [0.717, 1.165) is 11.3 Å². The van der Waals surface area contributed by atoms with Crippen LogP contribution in [0.3, 0.4) is 0 Å². The van der Waals surface area contributed by atoms with Crippen LogP contribution in [0, 0.1) is 18.3 Å². The lowest BCUT2D eigenvalue weighted by Gasteiger charge is -2.11. The molecule has 1 rings (SSSR count). The Morgan fingerprint density at radius 1 is 1.38 bits per heavy atom. The van der Waals surface area contributed by atoms with Crippen LogP contribution in [0.4, 0.5) is 0 Å². The fourth-order valence-corrected chi connectivity index (χ4v) is 1.05. The summed E-state index contributed by atoms with van der Waals surface area (Å²) in [5, 5.41) is 8.68. The van der Waals surface area contributed by atoms with Gasteiger partial charge < -0.3 is 4.74 Å². The molecule has 0 aliphatic carbocycles. The average molecular weight is 175 g/mol. The molecule has 0 aromatic heterocycles. The Balaban J connectivity index is 2.99. The first kappa shape index (κ1) is 9.60. The normalized spacial score (nSPS) is 9.77. The molecular formula is C11H13NO. The number of ether oxygens (including phenoxy) is 1. The van der Waals surface area contributed by atoms with Gasteiger partial charge in [0.1, 0.15) is 5.75 Å². The van der Waals surface area contributed by atoms with Crippen LogP contribution in [0.25, 0.3) is 0 Å². The van der Waals surface area contributed by atoms with E-state index in [1.807, 2.05) is 26.8 Å². The lowest BCUT2D eigenvalue weighted by molar-refractivity contribution is 0.240. The average Bonchev–Trinajstić information content (AvgIpc) is 2.08. The first-order chi connectivity index (χ1) is 6.13. The summed E-state index contributed by atoms with van der Waals surface area (Å²) in [7, 11) is 0. The van der Waals surface area contributed by atoms with E-state index in [1.165, 1.54) is 0 Å². The molecule has 1 aromatic rings. The number of rotatable bonds is 2. The van der Waals surface area contributed by atoms with Gasteiger partial charge in [-0.1, -0.05) is 6.07 Å². The molecule has 0 saturated heterocycles. The van der Waals surface area contributed by atoms with Crippen molar-refractivity contribution in [1.82, 2.24) is 0 Å². The number of benzene rings is 1. The van der Waals surface area contributed by atoms with Crippen LogP contribution in [0.15, 0.2) is 18.2 Å². The van der Waals surface area contributed by atoms with Crippen LogP contribution in [0.5, 0.6) is 5.75 Å². The molecule has 0 fully saturated rings. The van der Waals surface area contributed by atoms with Crippen molar-refractivity contribution in [2.24, 2.45) is 0 Å². The maximum absolute atomic E-state index is 8.68. The molecule has 0 amide bonds. The van der Waals surface area contributed by atoms with Gasteiger partial charge in [0.2, 0.25) is 0 Å². The van der Waals surface area contributed by atoms with Crippen molar-refractivity contribution in [2.75, 3.05) is 0 Å². The number of hydrogen-bond acceptors (Lipinski definition) is 2. The predicted molar refractivity (Wildman–Crippen MR) is 51.7 cm³/mol. The largest absolute Gasteiger partial charge is 0.491 e. The summed E-state index contributed by atoms with van der Waals surface area (Å²) < 4.78 is 5.54. The van der Waals surface area contributed by atoms with Gasteiger partial charge >= 0.3 is 0 Å². The van der Waals surface area contributed by atoms with Gasteiger partial charge in [-0.05, 0) is 38.5 Å². The van der Waals surface area contributed by atoms with Crippen molar-refractivity contribution in [3.63, 3.8) is 0 Å². The molecule has 13 heavy (non-hydrogen) atoms. The summed E-state index contributed by atoms with van der Waals surface area (Å²) in [6, 6.07) is 7.55. The van der Waals surface area contributed by atoms with Gasteiger partial charge in [0, 0.05) is 0 Å². The molecule has 0 bridgehead atoms. The lowest BCUT2D eigenvalue weighted by Crippen LogP contribution is -2.06. The first-order valence-corrected chi connectivity index (χ1v) is 4.31. The highest BCUT2D eigenvalue weighted by molar-refractivity contribution is 5.41. The molecule has 2 nitrogen and oxygen atoms in total.